The van der Waals surface area contributed by atoms with E-state index in [9.17, 15) is 9.59 Å². The molecule has 7 heteroatoms. The number of hydrogen-bond acceptors (Lipinski definition) is 6. The van der Waals surface area contributed by atoms with Gasteiger partial charge in [0.25, 0.3) is 5.91 Å². The number of thiazole rings is 1. The predicted octanol–water partition coefficient (Wildman–Crippen LogP) is 2.73. The van der Waals surface area contributed by atoms with Crippen molar-refractivity contribution in [1.82, 2.24) is 4.98 Å². The second-order valence-electron chi connectivity index (χ2n) is 3.97. The fraction of sp³-hybridized carbons (Fsp3) is 0.308. The largest absolute Gasteiger partial charge is 0.469 e. The maximum Gasteiger partial charge on any atom is 0.311 e. The van der Waals surface area contributed by atoms with Crippen LogP contribution in [0.4, 0.5) is 5.13 Å². The number of methoxy groups -OCH3 is 1. The lowest BCUT2D eigenvalue weighted by Crippen LogP contribution is -2.10. The summed E-state index contributed by atoms with van der Waals surface area (Å²) in [7, 11) is 1.33. The third-order valence-corrected chi connectivity index (χ3v) is 4.59. The van der Waals surface area contributed by atoms with E-state index in [2.05, 4.69) is 15.0 Å². The molecule has 20 heavy (non-hydrogen) atoms. The molecule has 0 aliphatic rings. The number of hydrogen-bond donors (Lipinski definition) is 1. The normalized spacial score (nSPS) is 10.3. The van der Waals surface area contributed by atoms with Crippen molar-refractivity contribution < 1.29 is 14.3 Å². The Labute approximate surface area is 124 Å². The monoisotopic (exact) mass is 310 g/mol. The lowest BCUT2D eigenvalue weighted by molar-refractivity contribution is -0.139. The van der Waals surface area contributed by atoms with Gasteiger partial charge in [-0.3, -0.25) is 14.9 Å². The first kappa shape index (κ1) is 14.7. The number of amides is 1. The molecule has 2 aromatic heterocycles. The molecule has 0 atom stereocenters. The zero-order chi connectivity index (χ0) is 14.5. The summed E-state index contributed by atoms with van der Waals surface area (Å²) in [4.78, 5) is 29.1. The van der Waals surface area contributed by atoms with E-state index < -0.39 is 0 Å². The first-order valence-electron chi connectivity index (χ1n) is 6.03. The minimum Gasteiger partial charge on any atom is -0.469 e. The van der Waals surface area contributed by atoms with E-state index in [1.807, 2.05) is 19.1 Å². The summed E-state index contributed by atoms with van der Waals surface area (Å²) >= 11 is 2.76. The Kier molecular flexibility index (Phi) is 4.86. The number of rotatable bonds is 5. The predicted molar refractivity (Wildman–Crippen MR) is 79.5 cm³/mol. The van der Waals surface area contributed by atoms with Crippen LogP contribution < -0.4 is 5.32 Å². The number of carbonyl (C=O) groups is 2. The number of carbonyl (C=O) groups excluding carboxylic acids is 2. The molecule has 0 saturated carbocycles. The van der Waals surface area contributed by atoms with Gasteiger partial charge in [-0.15, -0.1) is 22.7 Å². The van der Waals surface area contributed by atoms with E-state index in [-0.39, 0.29) is 18.3 Å². The van der Waals surface area contributed by atoms with Crippen LogP contribution in [0, 0.1) is 0 Å². The molecule has 106 valence electrons. The third kappa shape index (κ3) is 3.64. The number of nitrogens with one attached hydrogen (secondary N) is 1. The van der Waals surface area contributed by atoms with Gasteiger partial charge in [0.15, 0.2) is 5.13 Å². The Bertz CT molecular complexity index is 619. The number of thiophene rings is 1. The van der Waals surface area contributed by atoms with E-state index >= 15 is 0 Å². The molecule has 0 spiro atoms. The van der Waals surface area contributed by atoms with Crippen LogP contribution >= 0.6 is 22.7 Å². The quantitative estimate of drug-likeness (QED) is 0.862. The first-order valence-corrected chi connectivity index (χ1v) is 7.73. The average Bonchev–Trinajstić information content (AvgIpc) is 3.07. The minimum absolute atomic E-state index is 0.113. The van der Waals surface area contributed by atoms with Crippen LogP contribution in [-0.2, 0) is 22.4 Å². The van der Waals surface area contributed by atoms with Crippen LogP contribution in [0.5, 0.6) is 0 Å². The zero-order valence-corrected chi connectivity index (χ0v) is 12.8. The summed E-state index contributed by atoms with van der Waals surface area (Å²) < 4.78 is 4.57. The summed E-state index contributed by atoms with van der Waals surface area (Å²) in [6.07, 6.45) is 1.03. The van der Waals surface area contributed by atoms with Crippen molar-refractivity contribution in [3.8, 4) is 0 Å². The lowest BCUT2D eigenvalue weighted by Gasteiger charge is -1.98. The van der Waals surface area contributed by atoms with Gasteiger partial charge in [0, 0.05) is 10.3 Å². The van der Waals surface area contributed by atoms with Gasteiger partial charge in [0.05, 0.1) is 24.1 Å². The Hall–Kier alpha value is -1.73. The molecule has 2 aromatic rings. The molecule has 0 aliphatic heterocycles. The molecule has 0 bridgehead atoms. The molecule has 0 aromatic carbocycles. The van der Waals surface area contributed by atoms with Crippen molar-refractivity contribution in [2.45, 2.75) is 19.8 Å². The molecule has 0 fully saturated rings. The number of esters is 1. The van der Waals surface area contributed by atoms with Gasteiger partial charge >= 0.3 is 5.97 Å². The van der Waals surface area contributed by atoms with Crippen molar-refractivity contribution in [3.05, 3.63) is 33.0 Å². The first-order chi connectivity index (χ1) is 9.62. The molecule has 0 unspecified atom stereocenters. The van der Waals surface area contributed by atoms with Crippen molar-refractivity contribution in [2.24, 2.45) is 0 Å². The molecule has 0 radical (unpaired) electrons. The number of aromatic nitrogens is 1. The van der Waals surface area contributed by atoms with Gasteiger partial charge in [-0.1, -0.05) is 6.92 Å². The molecule has 5 nitrogen and oxygen atoms in total. The smallest absolute Gasteiger partial charge is 0.311 e. The molecule has 1 amide bonds. The minimum atomic E-state index is -0.348. The van der Waals surface area contributed by atoms with Crippen molar-refractivity contribution in [3.63, 3.8) is 0 Å². The summed E-state index contributed by atoms with van der Waals surface area (Å²) in [5, 5.41) is 4.96. The summed E-state index contributed by atoms with van der Waals surface area (Å²) in [5.41, 5.74) is 0.595. The highest BCUT2D eigenvalue weighted by molar-refractivity contribution is 7.15. The molecule has 0 saturated heterocycles. The van der Waals surface area contributed by atoms with Crippen LogP contribution in [0.1, 0.15) is 27.2 Å². The highest BCUT2D eigenvalue weighted by Crippen LogP contribution is 2.21. The Morgan fingerprint density at radius 1 is 1.40 bits per heavy atom. The molecule has 1 N–H and O–H groups in total. The zero-order valence-electron chi connectivity index (χ0n) is 11.1. The van der Waals surface area contributed by atoms with E-state index in [1.165, 1.54) is 34.7 Å². The van der Waals surface area contributed by atoms with Gasteiger partial charge in [-0.25, -0.2) is 4.98 Å². The van der Waals surface area contributed by atoms with Gasteiger partial charge in [-0.2, -0.15) is 0 Å². The fourth-order valence-electron chi connectivity index (χ4n) is 1.51. The number of anilines is 1. The fourth-order valence-corrected chi connectivity index (χ4v) is 3.06. The van der Waals surface area contributed by atoms with Crippen LogP contribution in [-0.4, -0.2) is 24.0 Å². The highest BCUT2D eigenvalue weighted by atomic mass is 32.1. The SMILES string of the molecule is CCc1ccc(C(=O)Nc2nc(CC(=O)OC)cs2)s1. The molecule has 0 aliphatic carbocycles. The maximum absolute atomic E-state index is 12.0. The van der Waals surface area contributed by atoms with Crippen LogP contribution in [0.2, 0.25) is 0 Å². The Morgan fingerprint density at radius 2 is 2.20 bits per heavy atom. The van der Waals surface area contributed by atoms with Crippen LogP contribution in [0.15, 0.2) is 17.5 Å². The van der Waals surface area contributed by atoms with Gasteiger partial charge in [0.2, 0.25) is 0 Å². The highest BCUT2D eigenvalue weighted by Gasteiger charge is 2.12. The second kappa shape index (κ2) is 6.62. The van der Waals surface area contributed by atoms with Gasteiger partial charge in [-0.05, 0) is 18.6 Å². The molecular formula is C13H14N2O3S2. The molecule has 2 rings (SSSR count). The average molecular weight is 310 g/mol. The maximum atomic E-state index is 12.0. The number of ether oxygens (including phenoxy) is 1. The van der Waals surface area contributed by atoms with Crippen molar-refractivity contribution in [1.29, 1.82) is 0 Å². The number of nitrogens with zero attached hydrogens (tertiary/aromatic N) is 1. The second-order valence-corrected chi connectivity index (χ2v) is 6.00. The summed E-state index contributed by atoms with van der Waals surface area (Å²) in [6.45, 7) is 2.05. The van der Waals surface area contributed by atoms with Gasteiger partial charge < -0.3 is 4.74 Å². The molecule has 2 heterocycles. The van der Waals surface area contributed by atoms with E-state index in [0.29, 0.717) is 15.7 Å². The molecular weight excluding hydrogens is 296 g/mol. The van der Waals surface area contributed by atoms with Crippen LogP contribution in [0.3, 0.4) is 0 Å². The van der Waals surface area contributed by atoms with Crippen molar-refractivity contribution in [2.75, 3.05) is 12.4 Å². The van der Waals surface area contributed by atoms with E-state index in [0.717, 1.165) is 6.42 Å². The lowest BCUT2D eigenvalue weighted by atomic mass is 10.3. The topological polar surface area (TPSA) is 68.3 Å². The standard InChI is InChI=1S/C13H14N2O3S2/c1-3-9-4-5-10(20-9)12(17)15-13-14-8(7-19-13)6-11(16)18-2/h4-5,7H,3,6H2,1-2H3,(H,14,15,17). The van der Waals surface area contributed by atoms with Gasteiger partial charge in [0.1, 0.15) is 0 Å². The summed E-state index contributed by atoms with van der Waals surface area (Å²) in [6, 6.07) is 3.76. The summed E-state index contributed by atoms with van der Waals surface area (Å²) in [5.74, 6) is -0.521. The van der Waals surface area contributed by atoms with Crippen LogP contribution in [0.25, 0.3) is 0 Å². The number of aryl methyl sites for hydroxylation is 1. The van der Waals surface area contributed by atoms with Crippen molar-refractivity contribution >= 4 is 39.7 Å². The Morgan fingerprint density at radius 3 is 2.85 bits per heavy atom. The Balaban J connectivity index is 1.99. The van der Waals surface area contributed by atoms with E-state index in [4.69, 9.17) is 0 Å². The third-order valence-electron chi connectivity index (χ3n) is 2.56. The van der Waals surface area contributed by atoms with E-state index in [1.54, 1.807) is 5.38 Å².